The highest BCUT2D eigenvalue weighted by Gasteiger charge is 2.17. The van der Waals surface area contributed by atoms with Crippen LogP contribution < -0.4 is 5.32 Å². The summed E-state index contributed by atoms with van der Waals surface area (Å²) in [6, 6.07) is 13.0. The standard InChI is InChI=1S/C21H20N4O4/c26-21(12-17-15-3-1-2-4-19(15)28-23-17)22-14-5-6-20-16(11-14)18(24-29-20)13-25-7-9-27-10-8-25/h1-6,11H,7-10,12-13H2,(H,22,26). The maximum atomic E-state index is 12.5. The normalized spacial score (nSPS) is 15.2. The van der Waals surface area contributed by atoms with Crippen LogP contribution in [-0.4, -0.2) is 47.4 Å². The zero-order valence-electron chi connectivity index (χ0n) is 15.8. The van der Waals surface area contributed by atoms with Crippen LogP contribution in [0.25, 0.3) is 21.9 Å². The third-order valence-corrected chi connectivity index (χ3v) is 5.09. The van der Waals surface area contributed by atoms with Crippen molar-refractivity contribution in [1.82, 2.24) is 15.2 Å². The zero-order chi connectivity index (χ0) is 19.6. The molecule has 2 aromatic carbocycles. The van der Waals surface area contributed by atoms with Gasteiger partial charge < -0.3 is 19.1 Å². The molecule has 1 amide bonds. The van der Waals surface area contributed by atoms with Crippen LogP contribution in [0.1, 0.15) is 11.4 Å². The Balaban J connectivity index is 1.32. The second-order valence-corrected chi connectivity index (χ2v) is 7.08. The van der Waals surface area contributed by atoms with E-state index in [0.717, 1.165) is 42.8 Å². The van der Waals surface area contributed by atoms with Crippen LogP contribution in [0.5, 0.6) is 0 Å². The molecule has 0 unspecified atom stereocenters. The number of nitrogens with one attached hydrogen (secondary N) is 1. The molecule has 8 nitrogen and oxygen atoms in total. The molecule has 2 aromatic heterocycles. The Hall–Kier alpha value is -3.23. The van der Waals surface area contributed by atoms with Crippen molar-refractivity contribution in [2.75, 3.05) is 31.6 Å². The molecule has 1 fully saturated rings. The van der Waals surface area contributed by atoms with E-state index in [1.54, 1.807) is 0 Å². The number of anilines is 1. The summed E-state index contributed by atoms with van der Waals surface area (Å²) in [4.78, 5) is 14.8. The first-order valence-electron chi connectivity index (χ1n) is 9.58. The average molecular weight is 392 g/mol. The molecule has 4 aromatic rings. The van der Waals surface area contributed by atoms with E-state index in [1.165, 1.54) is 0 Å². The molecule has 1 N–H and O–H groups in total. The van der Waals surface area contributed by atoms with Gasteiger partial charge in [-0.15, -0.1) is 0 Å². The third-order valence-electron chi connectivity index (χ3n) is 5.09. The van der Waals surface area contributed by atoms with E-state index in [4.69, 9.17) is 13.8 Å². The Morgan fingerprint density at radius 2 is 1.72 bits per heavy atom. The van der Waals surface area contributed by atoms with Crippen LogP contribution >= 0.6 is 0 Å². The van der Waals surface area contributed by atoms with Gasteiger partial charge in [0.2, 0.25) is 5.91 Å². The quantitative estimate of drug-likeness (QED) is 0.558. The topological polar surface area (TPSA) is 93.6 Å². The van der Waals surface area contributed by atoms with Crippen LogP contribution in [-0.2, 0) is 22.5 Å². The number of rotatable bonds is 5. The Bertz CT molecular complexity index is 1160. The van der Waals surface area contributed by atoms with Crippen LogP contribution in [0.15, 0.2) is 51.5 Å². The molecule has 29 heavy (non-hydrogen) atoms. The molecule has 0 spiro atoms. The van der Waals surface area contributed by atoms with Crippen molar-refractivity contribution in [3.63, 3.8) is 0 Å². The number of carbonyl (C=O) groups excluding carboxylic acids is 1. The SMILES string of the molecule is O=C(Cc1noc2ccccc12)Nc1ccc2onc(CN3CCOCC3)c2c1. The molecule has 8 heteroatoms. The highest BCUT2D eigenvalue weighted by atomic mass is 16.5. The fourth-order valence-electron chi connectivity index (χ4n) is 3.57. The largest absolute Gasteiger partial charge is 0.379 e. The van der Waals surface area contributed by atoms with E-state index < -0.39 is 0 Å². The summed E-state index contributed by atoms with van der Waals surface area (Å²) in [7, 11) is 0. The lowest BCUT2D eigenvalue weighted by molar-refractivity contribution is -0.115. The summed E-state index contributed by atoms with van der Waals surface area (Å²) in [5, 5.41) is 12.9. The fraction of sp³-hybridized carbons (Fsp3) is 0.286. The van der Waals surface area contributed by atoms with Gasteiger partial charge in [0.25, 0.3) is 0 Å². The number of ether oxygens (including phenoxy) is 1. The fourth-order valence-corrected chi connectivity index (χ4v) is 3.57. The smallest absolute Gasteiger partial charge is 0.230 e. The average Bonchev–Trinajstić information content (AvgIpc) is 3.33. The summed E-state index contributed by atoms with van der Waals surface area (Å²) < 4.78 is 16.1. The van der Waals surface area contributed by atoms with Gasteiger partial charge >= 0.3 is 0 Å². The number of morpholine rings is 1. The molecular formula is C21H20N4O4. The van der Waals surface area contributed by atoms with E-state index in [2.05, 4.69) is 20.5 Å². The van der Waals surface area contributed by atoms with E-state index in [0.29, 0.717) is 29.1 Å². The van der Waals surface area contributed by atoms with Gasteiger partial charge in [0.15, 0.2) is 11.2 Å². The van der Waals surface area contributed by atoms with Gasteiger partial charge in [0, 0.05) is 36.1 Å². The molecule has 5 rings (SSSR count). The molecule has 3 heterocycles. The Morgan fingerprint density at radius 1 is 0.966 bits per heavy atom. The van der Waals surface area contributed by atoms with Gasteiger partial charge in [-0.1, -0.05) is 22.4 Å². The Morgan fingerprint density at radius 3 is 2.59 bits per heavy atom. The molecule has 0 radical (unpaired) electrons. The van der Waals surface area contributed by atoms with Crippen LogP contribution in [0.3, 0.4) is 0 Å². The number of carbonyl (C=O) groups is 1. The lowest BCUT2D eigenvalue weighted by atomic mass is 10.1. The van der Waals surface area contributed by atoms with Crippen molar-refractivity contribution in [1.29, 1.82) is 0 Å². The minimum absolute atomic E-state index is 0.138. The summed E-state index contributed by atoms with van der Waals surface area (Å²) in [6.07, 6.45) is 0.138. The molecule has 1 aliphatic rings. The minimum Gasteiger partial charge on any atom is -0.379 e. The van der Waals surface area contributed by atoms with Crippen LogP contribution in [0, 0.1) is 0 Å². The highest BCUT2D eigenvalue weighted by molar-refractivity contribution is 5.96. The molecule has 1 aliphatic heterocycles. The third kappa shape index (κ3) is 3.72. The van der Waals surface area contributed by atoms with Crippen molar-refractivity contribution in [3.8, 4) is 0 Å². The molecule has 0 aliphatic carbocycles. The Kier molecular flexibility index (Phi) is 4.71. The second kappa shape index (κ2) is 7.65. The van der Waals surface area contributed by atoms with Gasteiger partial charge in [0.1, 0.15) is 11.4 Å². The van der Waals surface area contributed by atoms with Crippen molar-refractivity contribution in [2.24, 2.45) is 0 Å². The van der Waals surface area contributed by atoms with Gasteiger partial charge in [-0.05, 0) is 30.3 Å². The van der Waals surface area contributed by atoms with E-state index >= 15 is 0 Å². The van der Waals surface area contributed by atoms with Gasteiger partial charge in [-0.2, -0.15) is 0 Å². The number of para-hydroxylation sites is 1. The number of fused-ring (bicyclic) bond motifs is 2. The van der Waals surface area contributed by atoms with Crippen molar-refractivity contribution < 1.29 is 18.6 Å². The van der Waals surface area contributed by atoms with Gasteiger partial charge in [-0.25, -0.2) is 0 Å². The number of hydrogen-bond acceptors (Lipinski definition) is 7. The number of hydrogen-bond donors (Lipinski definition) is 1. The number of amides is 1. The molecule has 0 atom stereocenters. The predicted molar refractivity (Wildman–Crippen MR) is 106 cm³/mol. The molecule has 1 saturated heterocycles. The van der Waals surface area contributed by atoms with Gasteiger partial charge in [0.05, 0.1) is 19.6 Å². The zero-order valence-corrected chi connectivity index (χ0v) is 15.8. The minimum atomic E-state index is -0.158. The summed E-state index contributed by atoms with van der Waals surface area (Å²) >= 11 is 0. The van der Waals surface area contributed by atoms with E-state index in [9.17, 15) is 4.79 Å². The van der Waals surface area contributed by atoms with Crippen molar-refractivity contribution >= 4 is 33.5 Å². The molecular weight excluding hydrogens is 372 g/mol. The lowest BCUT2D eigenvalue weighted by Gasteiger charge is -2.25. The predicted octanol–water partition coefficient (Wildman–Crippen LogP) is 2.98. The first kappa shape index (κ1) is 17.8. The number of benzene rings is 2. The van der Waals surface area contributed by atoms with Gasteiger partial charge in [-0.3, -0.25) is 9.69 Å². The molecule has 148 valence electrons. The van der Waals surface area contributed by atoms with Crippen molar-refractivity contribution in [3.05, 3.63) is 53.9 Å². The monoisotopic (exact) mass is 392 g/mol. The number of aromatic nitrogens is 2. The maximum Gasteiger partial charge on any atom is 0.230 e. The maximum absolute atomic E-state index is 12.5. The van der Waals surface area contributed by atoms with Crippen molar-refractivity contribution in [2.45, 2.75) is 13.0 Å². The summed E-state index contributed by atoms with van der Waals surface area (Å²) in [5.41, 5.74) is 3.56. The highest BCUT2D eigenvalue weighted by Crippen LogP contribution is 2.24. The van der Waals surface area contributed by atoms with E-state index in [-0.39, 0.29) is 12.3 Å². The molecule has 0 bridgehead atoms. The van der Waals surface area contributed by atoms with Crippen LogP contribution in [0.2, 0.25) is 0 Å². The van der Waals surface area contributed by atoms with Crippen LogP contribution in [0.4, 0.5) is 5.69 Å². The number of nitrogens with zero attached hydrogens (tertiary/aromatic N) is 3. The Labute approximate surface area is 166 Å². The summed E-state index contributed by atoms with van der Waals surface area (Å²) in [5.74, 6) is -0.158. The second-order valence-electron chi connectivity index (χ2n) is 7.08. The van der Waals surface area contributed by atoms with E-state index in [1.807, 2.05) is 42.5 Å². The first-order chi connectivity index (χ1) is 14.3. The summed E-state index contributed by atoms with van der Waals surface area (Å²) in [6.45, 7) is 3.90. The molecule has 0 saturated carbocycles. The first-order valence-corrected chi connectivity index (χ1v) is 9.58. The lowest BCUT2D eigenvalue weighted by Crippen LogP contribution is -2.35.